The predicted octanol–water partition coefficient (Wildman–Crippen LogP) is 6.55. The van der Waals surface area contributed by atoms with E-state index in [9.17, 15) is 0 Å². The van der Waals surface area contributed by atoms with E-state index in [2.05, 4.69) is 19.6 Å². The summed E-state index contributed by atoms with van der Waals surface area (Å²) in [5.74, 6) is 0.966. The number of hydrogen-bond donors (Lipinski definition) is 0. The Morgan fingerprint density at radius 2 is 1.48 bits per heavy atom. The molecule has 2 radical (unpaired) electrons. The molecule has 0 aliphatic heterocycles. The first-order chi connectivity index (χ1) is 10.6. The van der Waals surface area contributed by atoms with Gasteiger partial charge in [0.05, 0.1) is 8.07 Å². The van der Waals surface area contributed by atoms with Gasteiger partial charge < -0.3 is 0 Å². The topological polar surface area (TPSA) is 0 Å². The molecule has 0 spiro atoms. The molecular weight excluding hydrogens is 339 g/mol. The monoisotopic (exact) mass is 370 g/mol. The second-order valence-electron chi connectivity index (χ2n) is 8.17. The molecule has 0 amide bonds. The summed E-state index contributed by atoms with van der Waals surface area (Å²) in [5, 5.41) is 1.95. The maximum Gasteiger partial charge on any atom is 0.0728 e. The predicted molar refractivity (Wildman–Crippen MR) is 100 cm³/mol. The van der Waals surface area contributed by atoms with E-state index in [-0.39, 0.29) is 16.8 Å². The van der Waals surface area contributed by atoms with Crippen molar-refractivity contribution in [3.63, 3.8) is 0 Å². The van der Waals surface area contributed by atoms with E-state index in [1.54, 1.807) is 0 Å². The van der Waals surface area contributed by atoms with Gasteiger partial charge in [-0.1, -0.05) is 54.7 Å². The van der Waals surface area contributed by atoms with Gasteiger partial charge in [0.25, 0.3) is 0 Å². The van der Waals surface area contributed by atoms with Crippen LogP contribution in [-0.4, -0.2) is 8.07 Å². The van der Waals surface area contributed by atoms with Crippen LogP contribution < -0.4 is 0 Å². The molecule has 128 valence electrons. The van der Waals surface area contributed by atoms with Gasteiger partial charge in [0.1, 0.15) is 0 Å². The molecule has 0 unspecified atom stereocenters. The van der Waals surface area contributed by atoms with Crippen molar-refractivity contribution in [1.29, 1.82) is 0 Å². The molecule has 0 aromatic carbocycles. The van der Waals surface area contributed by atoms with E-state index < -0.39 is 8.07 Å². The van der Waals surface area contributed by atoms with E-state index in [1.165, 1.54) is 51.4 Å². The molecule has 2 saturated carbocycles. The minimum atomic E-state index is -1.08. The Hall–Kier alpha value is -0.317. The van der Waals surface area contributed by atoms with E-state index in [4.69, 9.17) is 0 Å². The van der Waals surface area contributed by atoms with Crippen molar-refractivity contribution >= 4 is 8.07 Å². The number of hydrogen-bond acceptors (Lipinski definition) is 0. The zero-order valence-corrected chi connectivity index (χ0v) is 17.0. The van der Waals surface area contributed by atoms with Crippen LogP contribution >= 0.6 is 0 Å². The second kappa shape index (κ2) is 8.18. The van der Waals surface area contributed by atoms with Crippen LogP contribution in [-0.2, 0) is 16.8 Å². The Kier molecular flexibility index (Phi) is 6.76. The molecule has 0 aromatic rings. The molecule has 0 bridgehead atoms. The molecule has 2 heteroatoms. The summed E-state index contributed by atoms with van der Waals surface area (Å²) in [7, 11) is -1.08. The van der Waals surface area contributed by atoms with Gasteiger partial charge in [-0.05, 0) is 68.4 Å². The van der Waals surface area contributed by atoms with Crippen molar-refractivity contribution in [2.45, 2.75) is 71.0 Å². The average Bonchev–Trinajstić information content (AvgIpc) is 3.19. The Bertz CT molecular complexity index is 533. The van der Waals surface area contributed by atoms with Crippen LogP contribution in [0.2, 0.25) is 19.6 Å². The molecule has 0 aromatic heterocycles. The van der Waals surface area contributed by atoms with Gasteiger partial charge in [0.2, 0.25) is 0 Å². The fourth-order valence-electron chi connectivity index (χ4n) is 4.58. The van der Waals surface area contributed by atoms with E-state index in [1.807, 2.05) is 52.6 Å². The summed E-state index contributed by atoms with van der Waals surface area (Å²) in [6.45, 7) is 7.67. The van der Waals surface area contributed by atoms with E-state index >= 15 is 0 Å². The molecule has 0 saturated heterocycles. The SMILES string of the molecule is C[Si](C)(C)C1=C2CCCCC2=C2CCC[C@@H]2C1.[CH]1C=CC=C1.[Co]. The maximum absolute atomic E-state index is 2.56. The van der Waals surface area contributed by atoms with Crippen molar-refractivity contribution in [2.24, 2.45) is 5.92 Å². The van der Waals surface area contributed by atoms with Gasteiger partial charge in [0.15, 0.2) is 0 Å². The number of rotatable bonds is 1. The van der Waals surface area contributed by atoms with Gasteiger partial charge in [-0.2, -0.15) is 0 Å². The van der Waals surface area contributed by atoms with Crippen LogP contribution in [0.15, 0.2) is 46.2 Å². The number of allylic oxidation sites excluding steroid dienone is 8. The van der Waals surface area contributed by atoms with Gasteiger partial charge in [-0.25, -0.2) is 0 Å². The molecule has 4 rings (SSSR count). The fourth-order valence-corrected chi connectivity index (χ4v) is 6.62. The second-order valence-corrected chi connectivity index (χ2v) is 13.3. The van der Waals surface area contributed by atoms with Crippen molar-refractivity contribution in [2.75, 3.05) is 0 Å². The van der Waals surface area contributed by atoms with Crippen molar-refractivity contribution in [1.82, 2.24) is 0 Å². The number of fused-ring (bicyclic) bond motifs is 2. The van der Waals surface area contributed by atoms with E-state index in [0.29, 0.717) is 0 Å². The zero-order chi connectivity index (χ0) is 15.6. The maximum atomic E-state index is 2.56. The summed E-state index contributed by atoms with van der Waals surface area (Å²) in [6, 6.07) is 0. The third-order valence-electron chi connectivity index (χ3n) is 5.62. The van der Waals surface area contributed by atoms with Gasteiger partial charge in [-0.15, -0.1) is 0 Å². The van der Waals surface area contributed by atoms with Crippen LogP contribution in [0.25, 0.3) is 0 Å². The molecule has 4 aliphatic rings. The first-order valence-corrected chi connectivity index (χ1v) is 12.7. The normalized spacial score (nSPS) is 25.6. The molecule has 2 fully saturated rings. The Labute approximate surface area is 154 Å². The molecule has 1 atom stereocenters. The van der Waals surface area contributed by atoms with Crippen LogP contribution in [0.3, 0.4) is 0 Å². The smallest absolute Gasteiger partial charge is 0.0728 e. The van der Waals surface area contributed by atoms with Crippen LogP contribution in [0.4, 0.5) is 0 Å². The fraction of sp³-hybridized carbons (Fsp3) is 0.571. The van der Waals surface area contributed by atoms with Crippen LogP contribution in [0.1, 0.15) is 51.4 Å². The minimum absolute atomic E-state index is 0. The van der Waals surface area contributed by atoms with Gasteiger partial charge >= 0.3 is 0 Å². The Balaban J connectivity index is 0.000000276. The zero-order valence-electron chi connectivity index (χ0n) is 15.0. The van der Waals surface area contributed by atoms with Crippen molar-refractivity contribution in [3.8, 4) is 0 Å². The summed E-state index contributed by atoms with van der Waals surface area (Å²) < 4.78 is 0. The minimum Gasteiger partial charge on any atom is -0.0771 e. The largest absolute Gasteiger partial charge is 0.0771 e. The molecule has 23 heavy (non-hydrogen) atoms. The summed E-state index contributed by atoms with van der Waals surface area (Å²) in [6.07, 6.45) is 21.6. The molecule has 4 aliphatic carbocycles. The summed E-state index contributed by atoms with van der Waals surface area (Å²) in [5.41, 5.74) is 5.63. The Morgan fingerprint density at radius 3 is 2.04 bits per heavy atom. The van der Waals surface area contributed by atoms with Gasteiger partial charge in [-0.3, -0.25) is 0 Å². The molecule has 0 N–H and O–H groups in total. The summed E-state index contributed by atoms with van der Waals surface area (Å²) >= 11 is 0. The molecular formula is C21H31CoSi. The first-order valence-electron chi connectivity index (χ1n) is 9.19. The van der Waals surface area contributed by atoms with Crippen molar-refractivity contribution in [3.05, 3.63) is 52.6 Å². The first kappa shape index (κ1) is 19.0. The molecule has 0 heterocycles. The third-order valence-corrected chi connectivity index (χ3v) is 7.94. The van der Waals surface area contributed by atoms with Crippen LogP contribution in [0.5, 0.6) is 0 Å². The standard InChI is InChI=1S/C16H26Si.C5H5.Co/c1-17(2,3)16-11-12-7-6-10-13(12)14-8-4-5-9-15(14)16;1-2-4-5-3-1;/h12H,4-11H2,1-3H3;1-5H;/t12-;;/m1../s1. The Morgan fingerprint density at radius 1 is 0.826 bits per heavy atom. The van der Waals surface area contributed by atoms with E-state index in [0.717, 1.165) is 5.92 Å². The summed E-state index contributed by atoms with van der Waals surface area (Å²) in [4.78, 5) is 0. The van der Waals surface area contributed by atoms with Gasteiger partial charge in [0, 0.05) is 23.2 Å². The quantitative estimate of drug-likeness (QED) is 0.459. The third kappa shape index (κ3) is 4.40. The van der Waals surface area contributed by atoms with Crippen LogP contribution in [0, 0.1) is 12.3 Å². The molecule has 0 nitrogen and oxygen atoms in total. The average molecular weight is 370 g/mol. The van der Waals surface area contributed by atoms with Crippen molar-refractivity contribution < 1.29 is 16.8 Å².